The molecule has 0 amide bonds. The van der Waals surface area contributed by atoms with Crippen molar-refractivity contribution in [1.29, 1.82) is 0 Å². The monoisotopic (exact) mass is 340 g/mol. The van der Waals surface area contributed by atoms with Crippen LogP contribution in [0.3, 0.4) is 0 Å². The normalized spacial score (nSPS) is 11.0. The van der Waals surface area contributed by atoms with Crippen molar-refractivity contribution in [3.05, 3.63) is 59.2 Å². The van der Waals surface area contributed by atoms with Crippen LogP contribution in [-0.2, 0) is 19.3 Å². The second-order valence-electron chi connectivity index (χ2n) is 6.85. The summed E-state index contributed by atoms with van der Waals surface area (Å²) in [4.78, 5) is 0. The summed E-state index contributed by atoms with van der Waals surface area (Å²) < 4.78 is 0. The Bertz CT molecular complexity index is 590. The van der Waals surface area contributed by atoms with Gasteiger partial charge in [-0.1, -0.05) is 62.2 Å². The summed E-state index contributed by atoms with van der Waals surface area (Å²) in [5, 5.41) is 18.2. The minimum Gasteiger partial charge on any atom is -0.396 e. The van der Waals surface area contributed by atoms with E-state index in [0.29, 0.717) is 0 Å². The van der Waals surface area contributed by atoms with E-state index in [9.17, 15) is 0 Å². The van der Waals surface area contributed by atoms with E-state index >= 15 is 0 Å². The Morgan fingerprint density at radius 2 is 1.16 bits per heavy atom. The summed E-state index contributed by atoms with van der Waals surface area (Å²) in [6.07, 6.45) is 8.35. The van der Waals surface area contributed by atoms with Gasteiger partial charge in [-0.3, -0.25) is 0 Å². The lowest BCUT2D eigenvalue weighted by Gasteiger charge is -2.11. The highest BCUT2D eigenvalue weighted by Crippen LogP contribution is 2.25. The van der Waals surface area contributed by atoms with Crippen LogP contribution in [0.1, 0.15) is 55.7 Å². The molecule has 0 aliphatic heterocycles. The van der Waals surface area contributed by atoms with Gasteiger partial charge in [-0.15, -0.1) is 0 Å². The van der Waals surface area contributed by atoms with Gasteiger partial charge in [-0.2, -0.15) is 0 Å². The smallest absolute Gasteiger partial charge is 0.0434 e. The number of aliphatic hydroxyl groups excluding tert-OH is 2. The van der Waals surface area contributed by atoms with Crippen LogP contribution in [0.4, 0.5) is 0 Å². The lowest BCUT2D eigenvalue weighted by Crippen LogP contribution is -1.96. The molecule has 2 nitrogen and oxygen atoms in total. The Labute approximate surface area is 152 Å². The van der Waals surface area contributed by atoms with E-state index in [1.165, 1.54) is 47.1 Å². The van der Waals surface area contributed by atoms with E-state index in [1.807, 2.05) is 0 Å². The van der Waals surface area contributed by atoms with Crippen molar-refractivity contribution in [2.75, 3.05) is 13.2 Å². The first-order chi connectivity index (χ1) is 12.3. The Kier molecular flexibility index (Phi) is 8.71. The summed E-state index contributed by atoms with van der Waals surface area (Å²) in [5.74, 6) is 0. The quantitative estimate of drug-likeness (QED) is 0.569. The molecule has 25 heavy (non-hydrogen) atoms. The second-order valence-corrected chi connectivity index (χ2v) is 6.85. The molecule has 0 saturated carbocycles. The molecule has 0 bridgehead atoms. The standard InChI is InChI=1S/C23H32O2/c1-2-3-4-7-19-10-12-22(13-11-19)23-17-20(8-5-14-24)16-21(18-23)9-6-15-25/h10-13,16-18,24-25H,2-9,14-15H2,1H3. The average Bonchev–Trinajstić information content (AvgIpc) is 2.65. The highest BCUT2D eigenvalue weighted by Gasteiger charge is 2.05. The molecule has 0 saturated heterocycles. The molecule has 0 atom stereocenters. The lowest BCUT2D eigenvalue weighted by molar-refractivity contribution is 0.288. The molecule has 0 spiro atoms. The van der Waals surface area contributed by atoms with Gasteiger partial charge >= 0.3 is 0 Å². The van der Waals surface area contributed by atoms with Crippen molar-refractivity contribution in [2.24, 2.45) is 0 Å². The Hall–Kier alpha value is -1.64. The van der Waals surface area contributed by atoms with Gasteiger partial charge in [-0.25, -0.2) is 0 Å². The molecule has 0 radical (unpaired) electrons. The summed E-state index contributed by atoms with van der Waals surface area (Å²) in [5.41, 5.74) is 6.44. The summed E-state index contributed by atoms with van der Waals surface area (Å²) in [6, 6.07) is 15.6. The largest absolute Gasteiger partial charge is 0.396 e. The van der Waals surface area contributed by atoms with Crippen molar-refractivity contribution in [3.63, 3.8) is 0 Å². The third-order valence-corrected chi connectivity index (χ3v) is 4.66. The van der Waals surface area contributed by atoms with E-state index in [4.69, 9.17) is 10.2 Å². The SMILES string of the molecule is CCCCCc1ccc(-c2cc(CCCO)cc(CCCO)c2)cc1. The number of benzene rings is 2. The van der Waals surface area contributed by atoms with Gasteiger partial charge in [0.05, 0.1) is 0 Å². The lowest BCUT2D eigenvalue weighted by atomic mass is 9.95. The first-order valence-electron chi connectivity index (χ1n) is 9.70. The zero-order valence-electron chi connectivity index (χ0n) is 15.5. The molecule has 2 rings (SSSR count). The minimum absolute atomic E-state index is 0.225. The van der Waals surface area contributed by atoms with Crippen LogP contribution in [0.2, 0.25) is 0 Å². The zero-order chi connectivity index (χ0) is 17.9. The molecule has 2 aromatic carbocycles. The van der Waals surface area contributed by atoms with Gasteiger partial charge in [0.1, 0.15) is 0 Å². The molecule has 0 fully saturated rings. The fourth-order valence-electron chi connectivity index (χ4n) is 3.23. The van der Waals surface area contributed by atoms with Crippen LogP contribution < -0.4 is 0 Å². The highest BCUT2D eigenvalue weighted by atomic mass is 16.3. The average molecular weight is 341 g/mol. The first kappa shape index (κ1) is 19.7. The molecule has 0 unspecified atom stereocenters. The number of unbranched alkanes of at least 4 members (excludes halogenated alkanes) is 2. The number of hydrogen-bond donors (Lipinski definition) is 2. The van der Waals surface area contributed by atoms with E-state index in [2.05, 4.69) is 49.4 Å². The molecule has 2 heteroatoms. The maximum absolute atomic E-state index is 9.11. The minimum atomic E-state index is 0.225. The van der Waals surface area contributed by atoms with Gasteiger partial charge in [0.15, 0.2) is 0 Å². The van der Waals surface area contributed by atoms with Crippen molar-refractivity contribution in [3.8, 4) is 11.1 Å². The number of aryl methyl sites for hydroxylation is 3. The number of aliphatic hydroxyl groups is 2. The van der Waals surface area contributed by atoms with Crippen LogP contribution in [-0.4, -0.2) is 23.4 Å². The second kappa shape index (κ2) is 11.1. The van der Waals surface area contributed by atoms with Gasteiger partial charge in [0.25, 0.3) is 0 Å². The summed E-state index contributed by atoms with van der Waals surface area (Å²) in [6.45, 7) is 2.69. The van der Waals surface area contributed by atoms with E-state index in [1.54, 1.807) is 0 Å². The number of rotatable bonds is 11. The first-order valence-corrected chi connectivity index (χ1v) is 9.70. The topological polar surface area (TPSA) is 40.5 Å². The third-order valence-electron chi connectivity index (χ3n) is 4.66. The summed E-state index contributed by atoms with van der Waals surface area (Å²) in [7, 11) is 0. The molecule has 2 aromatic rings. The van der Waals surface area contributed by atoms with Crippen molar-refractivity contribution in [2.45, 2.75) is 58.3 Å². The fraction of sp³-hybridized carbons (Fsp3) is 0.478. The van der Waals surface area contributed by atoms with Crippen LogP contribution >= 0.6 is 0 Å². The zero-order valence-corrected chi connectivity index (χ0v) is 15.5. The van der Waals surface area contributed by atoms with Crippen molar-refractivity contribution >= 4 is 0 Å². The van der Waals surface area contributed by atoms with Gasteiger partial charge in [0.2, 0.25) is 0 Å². The van der Waals surface area contributed by atoms with E-state index in [-0.39, 0.29) is 13.2 Å². The molecule has 136 valence electrons. The molecule has 2 N–H and O–H groups in total. The molecule has 0 heterocycles. The third kappa shape index (κ3) is 6.64. The maximum atomic E-state index is 9.11. The Morgan fingerprint density at radius 1 is 0.600 bits per heavy atom. The highest BCUT2D eigenvalue weighted by molar-refractivity contribution is 5.65. The van der Waals surface area contributed by atoms with Crippen LogP contribution in [0.15, 0.2) is 42.5 Å². The van der Waals surface area contributed by atoms with Crippen molar-refractivity contribution < 1.29 is 10.2 Å². The Morgan fingerprint density at radius 3 is 1.68 bits per heavy atom. The van der Waals surface area contributed by atoms with E-state index < -0.39 is 0 Å². The predicted octanol–water partition coefficient (Wildman–Crippen LogP) is 4.94. The maximum Gasteiger partial charge on any atom is 0.0434 e. The van der Waals surface area contributed by atoms with Crippen molar-refractivity contribution in [1.82, 2.24) is 0 Å². The molecular formula is C23H32O2. The van der Waals surface area contributed by atoms with Gasteiger partial charge < -0.3 is 10.2 Å². The fourth-order valence-corrected chi connectivity index (χ4v) is 3.23. The van der Waals surface area contributed by atoms with Gasteiger partial charge in [-0.05, 0) is 66.3 Å². The Balaban J connectivity index is 2.17. The number of hydrogen-bond acceptors (Lipinski definition) is 2. The molecular weight excluding hydrogens is 308 g/mol. The van der Waals surface area contributed by atoms with Gasteiger partial charge in [0, 0.05) is 13.2 Å². The van der Waals surface area contributed by atoms with Crippen LogP contribution in [0.5, 0.6) is 0 Å². The van der Waals surface area contributed by atoms with Crippen LogP contribution in [0.25, 0.3) is 11.1 Å². The summed E-state index contributed by atoms with van der Waals surface area (Å²) >= 11 is 0. The van der Waals surface area contributed by atoms with E-state index in [0.717, 1.165) is 32.1 Å². The molecule has 0 aliphatic rings. The molecule has 0 aromatic heterocycles. The van der Waals surface area contributed by atoms with Crippen LogP contribution in [0, 0.1) is 0 Å². The molecule has 0 aliphatic carbocycles. The predicted molar refractivity (Wildman–Crippen MR) is 106 cm³/mol.